The molecule has 0 aliphatic rings. The molecule has 0 aliphatic heterocycles. The molecule has 0 spiro atoms. The van der Waals surface area contributed by atoms with Gasteiger partial charge >= 0.3 is 0 Å². The molecule has 2 rings (SSSR count). The molecule has 0 aliphatic carbocycles. The van der Waals surface area contributed by atoms with E-state index in [9.17, 15) is 0 Å². The van der Waals surface area contributed by atoms with Crippen LogP contribution in [0.15, 0.2) is 28.7 Å². The van der Waals surface area contributed by atoms with Crippen molar-refractivity contribution >= 4 is 44.3 Å². The SMILES string of the molecule is CC(C)(C)c1nc(Cc2cccc(Br)c2)nc(N)c1I. The summed E-state index contributed by atoms with van der Waals surface area (Å²) in [5.41, 5.74) is 8.17. The maximum atomic E-state index is 6.03. The van der Waals surface area contributed by atoms with E-state index < -0.39 is 0 Å². The molecule has 20 heavy (non-hydrogen) atoms. The van der Waals surface area contributed by atoms with Crippen LogP contribution in [-0.4, -0.2) is 9.97 Å². The fraction of sp³-hybridized carbons (Fsp3) is 0.333. The number of aromatic nitrogens is 2. The first-order valence-electron chi connectivity index (χ1n) is 6.34. The molecule has 1 aromatic heterocycles. The number of halogens is 2. The second kappa shape index (κ2) is 5.97. The van der Waals surface area contributed by atoms with Crippen LogP contribution in [0.3, 0.4) is 0 Å². The van der Waals surface area contributed by atoms with Gasteiger partial charge in [0.2, 0.25) is 0 Å². The second-order valence-corrected chi connectivity index (χ2v) is 7.74. The molecular formula is C15H17BrIN3. The molecule has 0 bridgehead atoms. The standard InChI is InChI=1S/C15H17BrIN3/c1-15(2,3)13-12(17)14(18)20-11(19-13)8-9-5-4-6-10(16)7-9/h4-7H,8H2,1-3H3,(H2,18,19,20). The molecule has 2 aromatic rings. The van der Waals surface area contributed by atoms with Crippen molar-refractivity contribution in [2.45, 2.75) is 32.6 Å². The lowest BCUT2D eigenvalue weighted by molar-refractivity contribution is 0.559. The number of hydrogen-bond donors (Lipinski definition) is 1. The van der Waals surface area contributed by atoms with Gasteiger partial charge in [0.25, 0.3) is 0 Å². The highest BCUT2D eigenvalue weighted by Gasteiger charge is 2.22. The Hall–Kier alpha value is -0.690. The van der Waals surface area contributed by atoms with E-state index in [0.717, 1.165) is 19.6 Å². The third kappa shape index (κ3) is 3.69. The van der Waals surface area contributed by atoms with Crippen molar-refractivity contribution in [1.82, 2.24) is 9.97 Å². The zero-order valence-corrected chi connectivity index (χ0v) is 15.5. The first-order valence-corrected chi connectivity index (χ1v) is 8.21. The Morgan fingerprint density at radius 2 is 1.95 bits per heavy atom. The van der Waals surface area contributed by atoms with Gasteiger partial charge in [0.15, 0.2) is 0 Å². The Kier molecular flexibility index (Phi) is 4.69. The summed E-state index contributed by atoms with van der Waals surface area (Å²) in [6, 6.07) is 8.17. The van der Waals surface area contributed by atoms with Crippen molar-refractivity contribution in [3.63, 3.8) is 0 Å². The van der Waals surface area contributed by atoms with Crippen LogP contribution in [-0.2, 0) is 11.8 Å². The van der Waals surface area contributed by atoms with E-state index in [0.29, 0.717) is 12.2 Å². The minimum Gasteiger partial charge on any atom is -0.383 e. The Balaban J connectivity index is 2.41. The van der Waals surface area contributed by atoms with Crippen molar-refractivity contribution in [3.05, 3.63) is 49.4 Å². The average molecular weight is 446 g/mol. The van der Waals surface area contributed by atoms with E-state index in [1.54, 1.807) is 0 Å². The first-order chi connectivity index (χ1) is 9.27. The predicted molar refractivity (Wildman–Crippen MR) is 94.8 cm³/mol. The van der Waals surface area contributed by atoms with Crippen LogP contribution in [0, 0.1) is 3.57 Å². The minimum atomic E-state index is -0.0421. The minimum absolute atomic E-state index is 0.0421. The monoisotopic (exact) mass is 445 g/mol. The van der Waals surface area contributed by atoms with Gasteiger partial charge in [0.1, 0.15) is 11.6 Å². The molecule has 1 aromatic carbocycles. The summed E-state index contributed by atoms with van der Waals surface area (Å²) < 4.78 is 2.01. The lowest BCUT2D eigenvalue weighted by Crippen LogP contribution is -2.19. The van der Waals surface area contributed by atoms with E-state index in [1.165, 1.54) is 5.56 Å². The summed E-state index contributed by atoms with van der Waals surface area (Å²) in [5.74, 6) is 1.33. The van der Waals surface area contributed by atoms with Gasteiger partial charge in [-0.05, 0) is 40.3 Å². The molecule has 1 heterocycles. The summed E-state index contributed by atoms with van der Waals surface area (Å²) in [6.45, 7) is 6.42. The Morgan fingerprint density at radius 3 is 2.55 bits per heavy atom. The lowest BCUT2D eigenvalue weighted by atomic mass is 9.92. The zero-order chi connectivity index (χ0) is 14.9. The molecule has 106 valence electrons. The maximum Gasteiger partial charge on any atom is 0.140 e. The van der Waals surface area contributed by atoms with Gasteiger partial charge in [-0.25, -0.2) is 9.97 Å². The molecule has 2 N–H and O–H groups in total. The number of hydrogen-bond acceptors (Lipinski definition) is 3. The van der Waals surface area contributed by atoms with Gasteiger partial charge in [0.05, 0.1) is 9.26 Å². The number of nitrogens with two attached hydrogens (primary N) is 1. The van der Waals surface area contributed by atoms with Gasteiger partial charge in [-0.3, -0.25) is 0 Å². The van der Waals surface area contributed by atoms with Gasteiger partial charge in [-0.15, -0.1) is 0 Å². The van der Waals surface area contributed by atoms with E-state index in [2.05, 4.69) is 76.4 Å². The predicted octanol–water partition coefficient (Wildman–Crippen LogP) is 4.31. The molecule has 0 saturated heterocycles. The molecule has 0 unspecified atom stereocenters. The van der Waals surface area contributed by atoms with Crippen LogP contribution in [0.5, 0.6) is 0 Å². The van der Waals surface area contributed by atoms with E-state index >= 15 is 0 Å². The lowest BCUT2D eigenvalue weighted by Gasteiger charge is -2.21. The van der Waals surface area contributed by atoms with E-state index in [4.69, 9.17) is 10.7 Å². The molecular weight excluding hydrogens is 429 g/mol. The second-order valence-electron chi connectivity index (χ2n) is 5.74. The van der Waals surface area contributed by atoms with Gasteiger partial charge in [0, 0.05) is 16.3 Å². The molecule has 3 nitrogen and oxygen atoms in total. The third-order valence-corrected chi connectivity index (χ3v) is 4.44. The molecule has 0 fully saturated rings. The molecule has 0 radical (unpaired) electrons. The van der Waals surface area contributed by atoms with Gasteiger partial charge in [-0.2, -0.15) is 0 Å². The summed E-state index contributed by atoms with van der Waals surface area (Å²) in [5, 5.41) is 0. The van der Waals surface area contributed by atoms with Crippen molar-refractivity contribution in [3.8, 4) is 0 Å². The smallest absolute Gasteiger partial charge is 0.140 e. The zero-order valence-electron chi connectivity index (χ0n) is 11.7. The number of nitrogens with zero attached hydrogens (tertiary/aromatic N) is 2. The number of rotatable bonds is 2. The quantitative estimate of drug-likeness (QED) is 0.700. The topological polar surface area (TPSA) is 51.8 Å². The number of nitrogen functional groups attached to an aromatic ring is 1. The van der Waals surface area contributed by atoms with Crippen LogP contribution in [0.4, 0.5) is 5.82 Å². The van der Waals surface area contributed by atoms with Gasteiger partial charge in [-0.1, -0.05) is 48.8 Å². The van der Waals surface area contributed by atoms with Crippen molar-refractivity contribution in [1.29, 1.82) is 0 Å². The molecule has 5 heteroatoms. The normalized spacial score (nSPS) is 11.7. The summed E-state index contributed by atoms with van der Waals surface area (Å²) >= 11 is 5.71. The maximum absolute atomic E-state index is 6.03. The van der Waals surface area contributed by atoms with E-state index in [1.807, 2.05) is 12.1 Å². The van der Waals surface area contributed by atoms with Crippen LogP contribution in [0.2, 0.25) is 0 Å². The van der Waals surface area contributed by atoms with Crippen molar-refractivity contribution in [2.75, 3.05) is 5.73 Å². The van der Waals surface area contributed by atoms with Crippen LogP contribution in [0.1, 0.15) is 37.9 Å². The highest BCUT2D eigenvalue weighted by atomic mass is 127. The highest BCUT2D eigenvalue weighted by molar-refractivity contribution is 14.1. The Bertz CT molecular complexity index is 636. The van der Waals surface area contributed by atoms with E-state index in [-0.39, 0.29) is 5.41 Å². The fourth-order valence-electron chi connectivity index (χ4n) is 1.92. The number of anilines is 1. The Labute approximate surface area is 141 Å². The molecule has 0 atom stereocenters. The van der Waals surface area contributed by atoms with Crippen LogP contribution >= 0.6 is 38.5 Å². The van der Waals surface area contributed by atoms with Crippen LogP contribution < -0.4 is 5.73 Å². The van der Waals surface area contributed by atoms with Crippen molar-refractivity contribution in [2.24, 2.45) is 0 Å². The third-order valence-electron chi connectivity index (χ3n) is 2.88. The summed E-state index contributed by atoms with van der Waals surface area (Å²) in [4.78, 5) is 9.13. The highest BCUT2D eigenvalue weighted by Crippen LogP contribution is 2.28. The molecule has 0 saturated carbocycles. The van der Waals surface area contributed by atoms with Crippen LogP contribution in [0.25, 0.3) is 0 Å². The molecule has 0 amide bonds. The first kappa shape index (κ1) is 15.7. The Morgan fingerprint density at radius 1 is 1.25 bits per heavy atom. The number of benzene rings is 1. The van der Waals surface area contributed by atoms with Gasteiger partial charge < -0.3 is 5.73 Å². The summed E-state index contributed by atoms with van der Waals surface area (Å²) in [6.07, 6.45) is 0.684. The largest absolute Gasteiger partial charge is 0.383 e. The van der Waals surface area contributed by atoms with Crippen molar-refractivity contribution < 1.29 is 0 Å². The fourth-order valence-corrected chi connectivity index (χ4v) is 3.41. The summed E-state index contributed by atoms with van der Waals surface area (Å²) in [7, 11) is 0. The average Bonchev–Trinajstić information content (AvgIpc) is 2.32.